The quantitative estimate of drug-likeness (QED) is 0.932. The molecule has 1 N–H and O–H groups in total. The largest absolute Gasteiger partial charge is 0.495 e. The van der Waals surface area contributed by atoms with Gasteiger partial charge in [0.15, 0.2) is 0 Å². The summed E-state index contributed by atoms with van der Waals surface area (Å²) in [5.41, 5.74) is 1.28. The van der Waals surface area contributed by atoms with Crippen molar-refractivity contribution >= 4 is 33.5 Å². The summed E-state index contributed by atoms with van der Waals surface area (Å²) >= 11 is 1.48. The van der Waals surface area contributed by atoms with Crippen molar-refractivity contribution in [2.45, 2.75) is 19.9 Å². The van der Waals surface area contributed by atoms with Crippen molar-refractivity contribution in [1.82, 2.24) is 4.90 Å². The van der Waals surface area contributed by atoms with E-state index in [0.29, 0.717) is 31.9 Å². The maximum absolute atomic E-state index is 11.9. The normalized spacial score (nSPS) is 13.7. The van der Waals surface area contributed by atoms with Crippen molar-refractivity contribution in [2.24, 2.45) is 0 Å². The summed E-state index contributed by atoms with van der Waals surface area (Å²) in [6.07, 6.45) is 0.280. The van der Waals surface area contributed by atoms with Gasteiger partial charge in [0.25, 0.3) is 0 Å². The van der Waals surface area contributed by atoms with Gasteiger partial charge in [0, 0.05) is 16.8 Å². The number of rotatable bonds is 3. The van der Waals surface area contributed by atoms with E-state index in [0.717, 1.165) is 20.5 Å². The smallest absolute Gasteiger partial charge is 0.410 e. The van der Waals surface area contributed by atoms with Crippen LogP contribution < -0.4 is 4.74 Å². The molecule has 0 spiro atoms. The minimum absolute atomic E-state index is 0.280. The first kappa shape index (κ1) is 15.6. The number of amides is 1. The summed E-state index contributed by atoms with van der Waals surface area (Å²) in [5.74, 6) is -0.293. The molecular formula is C16H17NO5S. The van der Waals surface area contributed by atoms with Gasteiger partial charge in [-0.1, -0.05) is 0 Å². The number of carboxylic acid groups (broad SMARTS) is 1. The number of nitrogens with zero attached hydrogens (tertiary/aromatic N) is 1. The van der Waals surface area contributed by atoms with Crippen molar-refractivity contribution in [1.29, 1.82) is 0 Å². The maximum Gasteiger partial charge on any atom is 0.410 e. The average Bonchev–Trinajstić information content (AvgIpc) is 2.92. The Balaban J connectivity index is 2.09. The Morgan fingerprint density at radius 2 is 2.17 bits per heavy atom. The Labute approximate surface area is 137 Å². The molecule has 6 nitrogen and oxygen atoms in total. The van der Waals surface area contributed by atoms with Crippen molar-refractivity contribution in [3.8, 4) is 5.75 Å². The number of carbonyl (C=O) groups is 2. The van der Waals surface area contributed by atoms with Gasteiger partial charge in [-0.3, -0.25) is 0 Å². The van der Waals surface area contributed by atoms with Gasteiger partial charge >= 0.3 is 12.1 Å². The number of hydrogen-bond donors (Lipinski definition) is 1. The highest BCUT2D eigenvalue weighted by atomic mass is 32.1. The number of carboxylic acids is 1. The summed E-state index contributed by atoms with van der Waals surface area (Å²) in [6.45, 7) is 3.08. The molecule has 0 radical (unpaired) electrons. The van der Waals surface area contributed by atoms with E-state index in [4.69, 9.17) is 9.47 Å². The van der Waals surface area contributed by atoms with Gasteiger partial charge in [-0.25, -0.2) is 9.59 Å². The molecule has 0 fully saturated rings. The van der Waals surface area contributed by atoms with Gasteiger partial charge < -0.3 is 19.5 Å². The third-order valence-electron chi connectivity index (χ3n) is 3.93. The Morgan fingerprint density at radius 1 is 1.39 bits per heavy atom. The van der Waals surface area contributed by atoms with Gasteiger partial charge in [-0.15, -0.1) is 11.3 Å². The molecule has 0 saturated heterocycles. The number of hydrogen-bond acceptors (Lipinski definition) is 5. The maximum atomic E-state index is 11.9. The van der Waals surface area contributed by atoms with Crippen LogP contribution in [0.4, 0.5) is 4.79 Å². The highest BCUT2D eigenvalue weighted by Crippen LogP contribution is 2.42. The SMILES string of the molecule is CCOC(=O)N1CCc2c(sc3c(OC)ccc(C(=O)O)c23)C1. The molecule has 23 heavy (non-hydrogen) atoms. The lowest BCUT2D eigenvalue weighted by atomic mass is 9.99. The van der Waals surface area contributed by atoms with Crippen LogP contribution in [0.25, 0.3) is 10.1 Å². The topological polar surface area (TPSA) is 76.1 Å². The highest BCUT2D eigenvalue weighted by Gasteiger charge is 2.28. The van der Waals surface area contributed by atoms with Gasteiger partial charge in [-0.2, -0.15) is 0 Å². The van der Waals surface area contributed by atoms with E-state index in [9.17, 15) is 14.7 Å². The first-order valence-electron chi connectivity index (χ1n) is 7.33. The molecule has 122 valence electrons. The molecule has 7 heteroatoms. The molecular weight excluding hydrogens is 318 g/mol. The number of ether oxygens (including phenoxy) is 2. The third kappa shape index (κ3) is 2.61. The van der Waals surface area contributed by atoms with Gasteiger partial charge in [-0.05, 0) is 31.0 Å². The van der Waals surface area contributed by atoms with Gasteiger partial charge in [0.05, 0.1) is 30.5 Å². The Morgan fingerprint density at radius 3 is 2.83 bits per heavy atom. The average molecular weight is 335 g/mol. The lowest BCUT2D eigenvalue weighted by molar-refractivity contribution is 0.0698. The molecule has 2 aromatic rings. The van der Waals surface area contributed by atoms with E-state index >= 15 is 0 Å². The molecule has 0 bridgehead atoms. The molecule has 0 unspecified atom stereocenters. The molecule has 1 aromatic heterocycles. The zero-order chi connectivity index (χ0) is 16.6. The molecule has 1 aliphatic heterocycles. The Bertz CT molecular complexity index is 782. The number of methoxy groups -OCH3 is 1. The monoisotopic (exact) mass is 335 g/mol. The van der Waals surface area contributed by atoms with Crippen LogP contribution in [0.1, 0.15) is 27.7 Å². The fraction of sp³-hybridized carbons (Fsp3) is 0.375. The van der Waals surface area contributed by atoms with Crippen LogP contribution >= 0.6 is 11.3 Å². The minimum atomic E-state index is -0.953. The third-order valence-corrected chi connectivity index (χ3v) is 5.16. The number of aromatic carboxylic acids is 1. The number of thiophene rings is 1. The first-order chi connectivity index (χ1) is 11.1. The van der Waals surface area contributed by atoms with Crippen LogP contribution in [0.3, 0.4) is 0 Å². The van der Waals surface area contributed by atoms with Crippen LogP contribution in [-0.4, -0.2) is 42.3 Å². The summed E-state index contributed by atoms with van der Waals surface area (Å²) < 4.78 is 11.2. The second kappa shape index (κ2) is 6.08. The van der Waals surface area contributed by atoms with E-state index in [2.05, 4.69) is 0 Å². The number of fused-ring (bicyclic) bond motifs is 3. The van der Waals surface area contributed by atoms with E-state index < -0.39 is 5.97 Å². The van der Waals surface area contributed by atoms with Crippen LogP contribution in [0.2, 0.25) is 0 Å². The van der Waals surface area contributed by atoms with Crippen molar-refractivity contribution in [2.75, 3.05) is 20.3 Å². The number of carbonyl (C=O) groups excluding carboxylic acids is 1. The minimum Gasteiger partial charge on any atom is -0.495 e. The fourth-order valence-electron chi connectivity index (χ4n) is 2.89. The molecule has 0 atom stereocenters. The molecule has 1 aromatic carbocycles. The number of benzene rings is 1. The molecule has 0 aliphatic carbocycles. The van der Waals surface area contributed by atoms with Gasteiger partial charge in [0.2, 0.25) is 0 Å². The van der Waals surface area contributed by atoms with E-state index in [1.54, 1.807) is 31.1 Å². The van der Waals surface area contributed by atoms with Crippen LogP contribution in [0.15, 0.2) is 12.1 Å². The molecule has 1 aliphatic rings. The van der Waals surface area contributed by atoms with Crippen molar-refractivity contribution < 1.29 is 24.2 Å². The second-order valence-corrected chi connectivity index (χ2v) is 6.30. The lowest BCUT2D eigenvalue weighted by Gasteiger charge is -2.26. The molecule has 0 saturated carbocycles. The fourth-order valence-corrected chi connectivity index (χ4v) is 4.27. The van der Waals surface area contributed by atoms with Crippen LogP contribution in [-0.2, 0) is 17.7 Å². The molecule has 1 amide bonds. The summed E-state index contributed by atoms with van der Waals surface area (Å²) in [5, 5.41) is 10.2. The van der Waals surface area contributed by atoms with Crippen LogP contribution in [0.5, 0.6) is 5.75 Å². The Hall–Kier alpha value is -2.28. The molecule has 3 rings (SSSR count). The van der Waals surface area contributed by atoms with Gasteiger partial charge in [0.1, 0.15) is 5.75 Å². The van der Waals surface area contributed by atoms with E-state index in [1.807, 2.05) is 0 Å². The van der Waals surface area contributed by atoms with Crippen molar-refractivity contribution in [3.05, 3.63) is 28.1 Å². The zero-order valence-corrected chi connectivity index (χ0v) is 13.7. The van der Waals surface area contributed by atoms with Crippen molar-refractivity contribution in [3.63, 3.8) is 0 Å². The lowest BCUT2D eigenvalue weighted by Crippen LogP contribution is -2.35. The predicted octanol–water partition coefficient (Wildman–Crippen LogP) is 3.12. The van der Waals surface area contributed by atoms with E-state index in [1.165, 1.54) is 11.3 Å². The highest BCUT2D eigenvalue weighted by molar-refractivity contribution is 7.19. The standard InChI is InChI=1S/C16H17NO5S/c1-3-22-16(20)17-7-6-9-12(8-17)23-14-11(21-2)5-4-10(13(9)14)15(18)19/h4-5H,3,6-8H2,1-2H3,(H,18,19). The molecule has 2 heterocycles. The first-order valence-corrected chi connectivity index (χ1v) is 8.14. The van der Waals surface area contributed by atoms with E-state index in [-0.39, 0.29) is 11.7 Å². The zero-order valence-electron chi connectivity index (χ0n) is 12.9. The predicted molar refractivity (Wildman–Crippen MR) is 86.5 cm³/mol. The second-order valence-electron chi connectivity index (χ2n) is 5.20. The summed E-state index contributed by atoms with van der Waals surface area (Å²) in [4.78, 5) is 26.1. The summed E-state index contributed by atoms with van der Waals surface area (Å²) in [7, 11) is 1.57. The summed E-state index contributed by atoms with van der Waals surface area (Å²) in [6, 6.07) is 3.26. The Kier molecular flexibility index (Phi) is 4.12. The van der Waals surface area contributed by atoms with Crippen LogP contribution in [0, 0.1) is 0 Å².